The minimum atomic E-state index is -0.221. The average Bonchev–Trinajstić information content (AvgIpc) is 2.79. The van der Waals surface area contributed by atoms with Crippen LogP contribution in [0.3, 0.4) is 0 Å². The summed E-state index contributed by atoms with van der Waals surface area (Å²) < 4.78 is 0. The molecule has 0 atom stereocenters. The normalized spacial score (nSPS) is 15.2. The highest BCUT2D eigenvalue weighted by Crippen LogP contribution is 2.22. The van der Waals surface area contributed by atoms with E-state index >= 15 is 0 Å². The van der Waals surface area contributed by atoms with E-state index in [1.807, 2.05) is 47.4 Å². The van der Waals surface area contributed by atoms with Crippen molar-refractivity contribution in [2.24, 2.45) is 0 Å². The number of pyridine rings is 1. The Labute approximate surface area is 181 Å². The van der Waals surface area contributed by atoms with Gasteiger partial charge in [0.15, 0.2) is 0 Å². The van der Waals surface area contributed by atoms with E-state index in [0.717, 1.165) is 36.1 Å². The molecule has 2 amide bonds. The number of piperidine rings is 1. The third-order valence-electron chi connectivity index (χ3n) is 5.28. The molecular weight excluding hydrogens is 388 g/mol. The Morgan fingerprint density at radius 1 is 1.06 bits per heavy atom. The van der Waals surface area contributed by atoms with Gasteiger partial charge in [0, 0.05) is 36.6 Å². The smallest absolute Gasteiger partial charge is 0.255 e. The van der Waals surface area contributed by atoms with Crippen LogP contribution < -0.4 is 11.1 Å². The summed E-state index contributed by atoms with van der Waals surface area (Å²) in [5.41, 5.74) is 10.3. The van der Waals surface area contributed by atoms with Crippen LogP contribution in [-0.4, -0.2) is 28.2 Å². The van der Waals surface area contributed by atoms with Gasteiger partial charge in [-0.2, -0.15) is 0 Å². The molecular formula is C25H24N4O2. The van der Waals surface area contributed by atoms with Crippen molar-refractivity contribution < 1.29 is 9.59 Å². The highest BCUT2D eigenvalue weighted by molar-refractivity contribution is 6.05. The van der Waals surface area contributed by atoms with Crippen molar-refractivity contribution >= 4 is 29.3 Å². The molecule has 1 aliphatic rings. The molecule has 0 bridgehead atoms. The summed E-state index contributed by atoms with van der Waals surface area (Å²) in [6, 6.07) is 18.2. The fourth-order valence-corrected chi connectivity index (χ4v) is 3.60. The van der Waals surface area contributed by atoms with E-state index in [-0.39, 0.29) is 11.8 Å². The molecule has 1 saturated heterocycles. The number of likely N-dealkylation sites (tertiary alicyclic amines) is 1. The van der Waals surface area contributed by atoms with E-state index in [1.54, 1.807) is 36.7 Å². The van der Waals surface area contributed by atoms with Gasteiger partial charge in [-0.25, -0.2) is 0 Å². The Hall–Kier alpha value is -3.93. The van der Waals surface area contributed by atoms with Crippen LogP contribution in [0, 0.1) is 0 Å². The second-order valence-electron chi connectivity index (χ2n) is 7.52. The van der Waals surface area contributed by atoms with Crippen molar-refractivity contribution in [3.05, 3.63) is 95.3 Å². The number of hydrogen-bond acceptors (Lipinski definition) is 4. The number of hydrogen-bond donors (Lipinski definition) is 2. The van der Waals surface area contributed by atoms with Gasteiger partial charge in [0.2, 0.25) is 5.91 Å². The first kappa shape index (κ1) is 20.3. The Morgan fingerprint density at radius 2 is 1.81 bits per heavy atom. The van der Waals surface area contributed by atoms with E-state index in [9.17, 15) is 9.59 Å². The number of rotatable bonds is 5. The minimum Gasteiger partial charge on any atom is -0.397 e. The number of benzene rings is 2. The molecule has 156 valence electrons. The van der Waals surface area contributed by atoms with E-state index in [2.05, 4.69) is 10.3 Å². The summed E-state index contributed by atoms with van der Waals surface area (Å²) in [5.74, 6) is -0.162. The summed E-state index contributed by atoms with van der Waals surface area (Å²) >= 11 is 0. The third-order valence-corrected chi connectivity index (χ3v) is 5.28. The van der Waals surface area contributed by atoms with Crippen LogP contribution in [0.15, 0.2) is 78.6 Å². The van der Waals surface area contributed by atoms with Gasteiger partial charge in [-0.1, -0.05) is 24.3 Å². The van der Waals surface area contributed by atoms with Crippen molar-refractivity contribution in [3.63, 3.8) is 0 Å². The number of aromatic nitrogens is 1. The van der Waals surface area contributed by atoms with Crippen molar-refractivity contribution in [1.82, 2.24) is 9.88 Å². The lowest BCUT2D eigenvalue weighted by Gasteiger charge is -2.28. The van der Waals surface area contributed by atoms with Crippen molar-refractivity contribution in [3.8, 4) is 0 Å². The van der Waals surface area contributed by atoms with Crippen LogP contribution in [-0.2, 0) is 11.3 Å². The van der Waals surface area contributed by atoms with Crippen LogP contribution in [0.5, 0.6) is 0 Å². The maximum absolute atomic E-state index is 12.9. The highest BCUT2D eigenvalue weighted by Gasteiger charge is 2.23. The molecule has 3 aromatic rings. The maximum Gasteiger partial charge on any atom is 0.255 e. The molecule has 0 spiro atoms. The largest absolute Gasteiger partial charge is 0.397 e. The molecule has 6 heteroatoms. The Morgan fingerprint density at radius 3 is 2.55 bits per heavy atom. The Balaban J connectivity index is 1.41. The lowest BCUT2D eigenvalue weighted by Crippen LogP contribution is -2.36. The van der Waals surface area contributed by atoms with Crippen LogP contribution in [0.2, 0.25) is 0 Å². The minimum absolute atomic E-state index is 0.0597. The highest BCUT2D eigenvalue weighted by atomic mass is 16.2. The van der Waals surface area contributed by atoms with Gasteiger partial charge in [0.05, 0.1) is 11.4 Å². The first-order valence-corrected chi connectivity index (χ1v) is 10.2. The van der Waals surface area contributed by atoms with E-state index < -0.39 is 0 Å². The van der Waals surface area contributed by atoms with Gasteiger partial charge in [-0.3, -0.25) is 14.6 Å². The van der Waals surface area contributed by atoms with E-state index in [4.69, 9.17) is 5.73 Å². The number of nitrogen functional groups attached to an aromatic ring is 1. The SMILES string of the molecule is Nc1ccccc1NC(=O)c1ccc(CN2CCC/C(=C\c3ccncc3)C2=O)cc1. The molecule has 2 heterocycles. The second-order valence-corrected chi connectivity index (χ2v) is 7.52. The number of nitrogens with one attached hydrogen (secondary N) is 1. The average molecular weight is 412 g/mol. The second kappa shape index (κ2) is 9.26. The molecule has 0 saturated carbocycles. The first-order chi connectivity index (χ1) is 15.1. The summed E-state index contributed by atoms with van der Waals surface area (Å²) in [7, 11) is 0. The number of anilines is 2. The topological polar surface area (TPSA) is 88.3 Å². The molecule has 1 aromatic heterocycles. The van der Waals surface area contributed by atoms with Gasteiger partial charge in [0.25, 0.3) is 5.91 Å². The molecule has 1 fully saturated rings. The number of nitrogens with zero attached hydrogens (tertiary/aromatic N) is 2. The van der Waals surface area contributed by atoms with Crippen LogP contribution in [0.4, 0.5) is 11.4 Å². The lowest BCUT2D eigenvalue weighted by atomic mass is 10.0. The summed E-state index contributed by atoms with van der Waals surface area (Å²) in [4.78, 5) is 31.3. The molecule has 1 aliphatic heterocycles. The molecule has 6 nitrogen and oxygen atoms in total. The zero-order valence-electron chi connectivity index (χ0n) is 17.1. The van der Waals surface area contributed by atoms with Crippen LogP contribution in [0.25, 0.3) is 6.08 Å². The number of para-hydroxylation sites is 2. The number of amides is 2. The van der Waals surface area contributed by atoms with Gasteiger partial charge < -0.3 is 16.0 Å². The number of nitrogens with two attached hydrogens (primary N) is 1. The predicted octanol–water partition coefficient (Wildman–Crippen LogP) is 4.12. The number of carbonyl (C=O) groups excluding carboxylic acids is 2. The first-order valence-electron chi connectivity index (χ1n) is 10.2. The summed E-state index contributed by atoms with van der Waals surface area (Å²) in [6.07, 6.45) is 7.10. The quantitative estimate of drug-likeness (QED) is 0.487. The van der Waals surface area contributed by atoms with Crippen molar-refractivity contribution in [2.75, 3.05) is 17.6 Å². The Kier molecular flexibility index (Phi) is 6.08. The lowest BCUT2D eigenvalue weighted by molar-refractivity contribution is -0.129. The standard InChI is InChI=1S/C25H24N4O2/c26-22-5-1-2-6-23(22)28-24(30)20-9-7-19(8-10-20)17-29-15-3-4-21(25(29)31)16-18-11-13-27-14-12-18/h1-2,5-14,16H,3-4,15,17,26H2,(H,28,30)/b21-16+. The van der Waals surface area contributed by atoms with E-state index in [1.165, 1.54) is 0 Å². The summed E-state index contributed by atoms with van der Waals surface area (Å²) in [5, 5.41) is 2.82. The summed E-state index contributed by atoms with van der Waals surface area (Å²) in [6.45, 7) is 1.24. The molecule has 0 unspecified atom stereocenters. The molecule has 4 rings (SSSR count). The molecule has 0 radical (unpaired) electrons. The molecule has 31 heavy (non-hydrogen) atoms. The van der Waals surface area contributed by atoms with Crippen LogP contribution >= 0.6 is 0 Å². The monoisotopic (exact) mass is 412 g/mol. The van der Waals surface area contributed by atoms with Gasteiger partial charge in [-0.15, -0.1) is 0 Å². The molecule has 2 aromatic carbocycles. The van der Waals surface area contributed by atoms with Crippen molar-refractivity contribution in [1.29, 1.82) is 0 Å². The Bertz CT molecular complexity index is 1110. The zero-order chi connectivity index (χ0) is 21.6. The van der Waals surface area contributed by atoms with Gasteiger partial charge in [0.1, 0.15) is 0 Å². The fourth-order valence-electron chi connectivity index (χ4n) is 3.60. The third kappa shape index (κ3) is 4.98. The predicted molar refractivity (Wildman–Crippen MR) is 122 cm³/mol. The fraction of sp³-hybridized carbons (Fsp3) is 0.160. The molecule has 0 aliphatic carbocycles. The van der Waals surface area contributed by atoms with Gasteiger partial charge >= 0.3 is 0 Å². The zero-order valence-corrected chi connectivity index (χ0v) is 17.1. The molecule has 3 N–H and O–H groups in total. The maximum atomic E-state index is 12.9. The van der Waals surface area contributed by atoms with E-state index in [0.29, 0.717) is 23.5 Å². The van der Waals surface area contributed by atoms with Crippen LogP contribution in [0.1, 0.15) is 34.3 Å². The van der Waals surface area contributed by atoms with Crippen molar-refractivity contribution in [2.45, 2.75) is 19.4 Å². The van der Waals surface area contributed by atoms with Gasteiger partial charge in [-0.05, 0) is 66.4 Å². The number of carbonyl (C=O) groups is 2.